The molecule has 0 N–H and O–H groups in total. The number of aromatic nitrogens is 2. The Bertz CT molecular complexity index is 1140. The fourth-order valence-electron chi connectivity index (χ4n) is 3.59. The largest absolute Gasteiger partial charge is 0.280 e. The van der Waals surface area contributed by atoms with Crippen LogP contribution in [0.1, 0.15) is 35.0 Å². The highest BCUT2D eigenvalue weighted by atomic mass is 16.2. The molecule has 0 unspecified atom stereocenters. The van der Waals surface area contributed by atoms with E-state index >= 15 is 0 Å². The molecule has 0 fully saturated rings. The van der Waals surface area contributed by atoms with Gasteiger partial charge in [-0.3, -0.25) is 9.48 Å². The highest BCUT2D eigenvalue weighted by Gasteiger charge is 2.29. The summed E-state index contributed by atoms with van der Waals surface area (Å²) in [5.74, 6) is -0.109. The van der Waals surface area contributed by atoms with E-state index in [1.54, 1.807) is 0 Å². The van der Waals surface area contributed by atoms with Crippen molar-refractivity contribution in [1.29, 1.82) is 0 Å². The van der Waals surface area contributed by atoms with Gasteiger partial charge in [0.05, 0.1) is 29.2 Å². The van der Waals surface area contributed by atoms with E-state index in [4.69, 9.17) is 5.10 Å². The maximum atomic E-state index is 13.1. The first-order valence-electron chi connectivity index (χ1n) is 9.70. The predicted octanol–water partition coefficient (Wildman–Crippen LogP) is 4.66. The molecule has 1 aliphatic heterocycles. The fourth-order valence-corrected chi connectivity index (χ4v) is 3.59. The summed E-state index contributed by atoms with van der Waals surface area (Å²) < 4.78 is 1.99. The Morgan fingerprint density at radius 1 is 0.966 bits per heavy atom. The van der Waals surface area contributed by atoms with Gasteiger partial charge in [-0.15, -0.1) is 0 Å². The molecule has 5 heteroatoms. The Balaban J connectivity index is 1.66. The van der Waals surface area contributed by atoms with Crippen LogP contribution in [-0.4, -0.2) is 21.4 Å². The third-order valence-corrected chi connectivity index (χ3v) is 5.21. The molecule has 29 heavy (non-hydrogen) atoms. The van der Waals surface area contributed by atoms with E-state index in [-0.39, 0.29) is 5.91 Å². The number of aryl methyl sites for hydroxylation is 2. The number of hydrazone groups is 1. The Hall–Kier alpha value is -3.47. The van der Waals surface area contributed by atoms with Crippen LogP contribution in [0.15, 0.2) is 65.3 Å². The molecule has 0 aliphatic carbocycles. The summed E-state index contributed by atoms with van der Waals surface area (Å²) in [5, 5.41) is 10.7. The third kappa shape index (κ3) is 3.63. The highest BCUT2D eigenvalue weighted by molar-refractivity contribution is 6.32. The van der Waals surface area contributed by atoms with Crippen LogP contribution in [0, 0.1) is 20.8 Å². The normalized spacial score (nSPS) is 15.3. The van der Waals surface area contributed by atoms with Crippen LogP contribution in [0.5, 0.6) is 0 Å². The van der Waals surface area contributed by atoms with Gasteiger partial charge in [0.1, 0.15) is 0 Å². The van der Waals surface area contributed by atoms with Crippen molar-refractivity contribution in [2.24, 2.45) is 5.10 Å². The van der Waals surface area contributed by atoms with Gasteiger partial charge >= 0.3 is 0 Å². The van der Waals surface area contributed by atoms with Crippen molar-refractivity contribution in [3.8, 4) is 0 Å². The molecule has 0 atom stereocenters. The molecule has 0 saturated heterocycles. The number of carbonyl (C=O) groups is 1. The van der Waals surface area contributed by atoms with Crippen molar-refractivity contribution in [3.05, 3.63) is 88.2 Å². The van der Waals surface area contributed by atoms with Crippen LogP contribution in [-0.2, 0) is 11.3 Å². The van der Waals surface area contributed by atoms with Crippen LogP contribution in [0.25, 0.3) is 6.08 Å². The van der Waals surface area contributed by atoms with Crippen LogP contribution in [0.3, 0.4) is 0 Å². The zero-order valence-corrected chi connectivity index (χ0v) is 17.2. The molecule has 3 aromatic rings. The average Bonchev–Trinajstić information content (AvgIpc) is 3.13. The standard InChI is InChI=1S/C24H24N4O/c1-16-9-8-12-21(13-16)28-24(29)23(18(3)26-28)14-22-17(2)25-27(19(22)4)15-20-10-6-5-7-11-20/h5-14H,15H2,1-4H3/b23-14+. The molecular formula is C24H24N4O. The van der Waals surface area contributed by atoms with E-state index in [9.17, 15) is 4.79 Å². The molecule has 2 heterocycles. The van der Waals surface area contributed by atoms with Gasteiger partial charge in [-0.05, 0) is 57.0 Å². The van der Waals surface area contributed by atoms with E-state index < -0.39 is 0 Å². The summed E-state index contributed by atoms with van der Waals surface area (Å²) >= 11 is 0. The molecule has 0 radical (unpaired) electrons. The van der Waals surface area contributed by atoms with E-state index in [1.165, 1.54) is 10.6 Å². The summed E-state index contributed by atoms with van der Waals surface area (Å²) in [6.07, 6.45) is 1.93. The Morgan fingerprint density at radius 3 is 2.45 bits per heavy atom. The molecule has 0 spiro atoms. The lowest BCUT2D eigenvalue weighted by atomic mass is 10.1. The topological polar surface area (TPSA) is 50.5 Å². The lowest BCUT2D eigenvalue weighted by Gasteiger charge is -2.12. The first-order valence-corrected chi connectivity index (χ1v) is 9.70. The van der Waals surface area contributed by atoms with E-state index in [2.05, 4.69) is 17.2 Å². The zero-order chi connectivity index (χ0) is 20.5. The summed E-state index contributed by atoms with van der Waals surface area (Å²) in [5.41, 5.74) is 7.31. The number of nitrogens with zero attached hydrogens (tertiary/aromatic N) is 4. The lowest BCUT2D eigenvalue weighted by molar-refractivity contribution is -0.114. The smallest absolute Gasteiger partial charge is 0.267 e. The van der Waals surface area contributed by atoms with Gasteiger partial charge < -0.3 is 0 Å². The second kappa shape index (κ2) is 7.51. The Kier molecular flexibility index (Phi) is 4.89. The molecule has 2 aromatic carbocycles. The minimum atomic E-state index is -0.109. The maximum Gasteiger partial charge on any atom is 0.280 e. The van der Waals surface area contributed by atoms with Crippen molar-refractivity contribution in [1.82, 2.24) is 9.78 Å². The molecule has 146 valence electrons. The van der Waals surface area contributed by atoms with Crippen LogP contribution in [0.2, 0.25) is 0 Å². The molecule has 0 saturated carbocycles. The van der Waals surface area contributed by atoms with Gasteiger partial charge in [-0.2, -0.15) is 15.2 Å². The number of amides is 1. The molecule has 5 nitrogen and oxygen atoms in total. The second-order valence-electron chi connectivity index (χ2n) is 7.43. The van der Waals surface area contributed by atoms with Crippen molar-refractivity contribution < 1.29 is 4.79 Å². The summed E-state index contributed by atoms with van der Waals surface area (Å²) in [6.45, 7) is 8.60. The van der Waals surface area contributed by atoms with Gasteiger partial charge in [-0.1, -0.05) is 42.5 Å². The van der Waals surface area contributed by atoms with Crippen molar-refractivity contribution in [2.75, 3.05) is 5.01 Å². The number of hydrogen-bond acceptors (Lipinski definition) is 3. The summed E-state index contributed by atoms with van der Waals surface area (Å²) in [6, 6.07) is 18.1. The number of benzene rings is 2. The number of carbonyl (C=O) groups excluding carboxylic acids is 1. The number of hydrogen-bond donors (Lipinski definition) is 0. The Morgan fingerprint density at radius 2 is 1.72 bits per heavy atom. The number of rotatable bonds is 4. The quantitative estimate of drug-likeness (QED) is 0.614. The Labute approximate surface area is 171 Å². The SMILES string of the molecule is CC1=NN(c2cccc(C)c2)C(=O)/C1=C/c1c(C)nn(Cc2ccccc2)c1C. The summed E-state index contributed by atoms with van der Waals surface area (Å²) in [7, 11) is 0. The second-order valence-corrected chi connectivity index (χ2v) is 7.43. The fraction of sp³-hybridized carbons (Fsp3) is 0.208. The van der Waals surface area contributed by atoms with Gasteiger partial charge in [0, 0.05) is 11.3 Å². The van der Waals surface area contributed by atoms with Crippen LogP contribution < -0.4 is 5.01 Å². The summed E-state index contributed by atoms with van der Waals surface area (Å²) in [4.78, 5) is 13.1. The first-order chi connectivity index (χ1) is 13.9. The molecule has 1 aliphatic rings. The monoisotopic (exact) mass is 384 g/mol. The minimum Gasteiger partial charge on any atom is -0.267 e. The maximum absolute atomic E-state index is 13.1. The van der Waals surface area contributed by atoms with Crippen molar-refractivity contribution in [2.45, 2.75) is 34.2 Å². The highest BCUT2D eigenvalue weighted by Crippen LogP contribution is 2.27. The predicted molar refractivity (Wildman–Crippen MR) is 117 cm³/mol. The van der Waals surface area contributed by atoms with Crippen LogP contribution in [0.4, 0.5) is 5.69 Å². The first kappa shape index (κ1) is 18.9. The van der Waals surface area contributed by atoms with Gasteiger partial charge in [0.25, 0.3) is 5.91 Å². The van der Waals surface area contributed by atoms with Crippen LogP contribution >= 0.6 is 0 Å². The van der Waals surface area contributed by atoms with E-state index in [1.807, 2.05) is 80.9 Å². The molecule has 0 bridgehead atoms. The average molecular weight is 384 g/mol. The van der Waals surface area contributed by atoms with E-state index in [0.717, 1.165) is 28.2 Å². The lowest BCUT2D eigenvalue weighted by Crippen LogP contribution is -2.21. The minimum absolute atomic E-state index is 0.109. The third-order valence-electron chi connectivity index (χ3n) is 5.21. The van der Waals surface area contributed by atoms with Crippen molar-refractivity contribution >= 4 is 23.4 Å². The molecule has 1 aromatic heterocycles. The van der Waals surface area contributed by atoms with Gasteiger partial charge in [0.2, 0.25) is 0 Å². The zero-order valence-electron chi connectivity index (χ0n) is 17.2. The molecule has 4 rings (SSSR count). The number of anilines is 1. The molecule has 1 amide bonds. The van der Waals surface area contributed by atoms with Gasteiger partial charge in [-0.25, -0.2) is 0 Å². The van der Waals surface area contributed by atoms with Crippen molar-refractivity contribution in [3.63, 3.8) is 0 Å². The van der Waals surface area contributed by atoms with E-state index in [0.29, 0.717) is 17.8 Å². The van der Waals surface area contributed by atoms with Gasteiger partial charge in [0.15, 0.2) is 0 Å². The molecular weight excluding hydrogens is 360 g/mol.